The number of nitrogens with zero attached hydrogens (tertiary/aromatic N) is 4. The van der Waals surface area contributed by atoms with Crippen LogP contribution in [0, 0.1) is 5.92 Å². The van der Waals surface area contributed by atoms with Crippen molar-refractivity contribution >= 4 is 10.0 Å². The van der Waals surface area contributed by atoms with E-state index in [1.54, 1.807) is 4.68 Å². The van der Waals surface area contributed by atoms with E-state index in [9.17, 15) is 8.42 Å². The Morgan fingerprint density at radius 3 is 2.54 bits per heavy atom. The topological polar surface area (TPSA) is 94.1 Å². The summed E-state index contributed by atoms with van der Waals surface area (Å²) >= 11 is 0. The van der Waals surface area contributed by atoms with Gasteiger partial charge >= 0.3 is 0 Å². The van der Waals surface area contributed by atoms with E-state index in [4.69, 9.17) is 5.14 Å². The summed E-state index contributed by atoms with van der Waals surface area (Å²) in [7, 11) is -3.55. The molecule has 2 N–H and O–H groups in total. The average molecular weight is 378 g/mol. The van der Waals surface area contributed by atoms with Crippen molar-refractivity contribution < 1.29 is 8.42 Å². The summed E-state index contributed by atoms with van der Waals surface area (Å²) in [5, 5.41) is 13.7. The first-order valence-corrected chi connectivity index (χ1v) is 10.9. The third-order valence-corrected chi connectivity index (χ3v) is 5.64. The van der Waals surface area contributed by atoms with Crippen molar-refractivity contribution in [1.82, 2.24) is 19.9 Å². The maximum atomic E-state index is 11.6. The van der Waals surface area contributed by atoms with Crippen LogP contribution in [-0.4, -0.2) is 47.2 Å². The van der Waals surface area contributed by atoms with E-state index >= 15 is 0 Å². The van der Waals surface area contributed by atoms with E-state index in [1.807, 2.05) is 36.5 Å². The monoisotopic (exact) mass is 377 g/mol. The molecule has 1 aromatic carbocycles. The van der Waals surface area contributed by atoms with Gasteiger partial charge in [-0.15, -0.1) is 5.10 Å². The minimum absolute atomic E-state index is 0.0663. The first-order chi connectivity index (χ1) is 12.5. The van der Waals surface area contributed by atoms with E-state index in [1.165, 1.54) is 19.3 Å². The van der Waals surface area contributed by atoms with Crippen molar-refractivity contribution in [2.24, 2.45) is 11.1 Å². The second-order valence-electron chi connectivity index (χ2n) is 7.15. The molecule has 7 nitrogen and oxygen atoms in total. The molecular formula is C18H27N5O2S. The highest BCUT2D eigenvalue weighted by Gasteiger charge is 2.19. The minimum Gasteiger partial charge on any atom is -0.297 e. The van der Waals surface area contributed by atoms with Crippen molar-refractivity contribution in [2.45, 2.75) is 38.8 Å². The van der Waals surface area contributed by atoms with Gasteiger partial charge in [-0.25, -0.2) is 13.6 Å². The predicted octanol–water partition coefficient (Wildman–Crippen LogP) is 1.41. The average Bonchev–Trinajstić information content (AvgIpc) is 3.02. The van der Waals surface area contributed by atoms with Gasteiger partial charge in [-0.1, -0.05) is 42.0 Å². The molecule has 0 unspecified atom stereocenters. The zero-order chi connectivity index (χ0) is 18.4. The van der Waals surface area contributed by atoms with Gasteiger partial charge in [0.1, 0.15) is 0 Å². The molecule has 1 saturated heterocycles. The van der Waals surface area contributed by atoms with Gasteiger partial charge in [-0.05, 0) is 43.8 Å². The quantitative estimate of drug-likeness (QED) is 0.751. The lowest BCUT2D eigenvalue weighted by molar-refractivity contribution is 0.218. The molecule has 1 aromatic heterocycles. The van der Waals surface area contributed by atoms with Crippen LogP contribution in [0.2, 0.25) is 0 Å². The first-order valence-electron chi connectivity index (χ1n) is 9.14. The molecule has 1 fully saturated rings. The Hall–Kier alpha value is -1.77. The van der Waals surface area contributed by atoms with Gasteiger partial charge in [0, 0.05) is 19.3 Å². The lowest BCUT2D eigenvalue weighted by Crippen LogP contribution is -2.29. The van der Waals surface area contributed by atoms with Crippen molar-refractivity contribution in [3.63, 3.8) is 0 Å². The molecule has 1 atom stereocenters. The number of benzene rings is 1. The fourth-order valence-corrected chi connectivity index (χ4v) is 4.44. The maximum absolute atomic E-state index is 11.6. The third-order valence-electron chi connectivity index (χ3n) is 4.70. The van der Waals surface area contributed by atoms with Crippen LogP contribution in [0.5, 0.6) is 0 Å². The van der Waals surface area contributed by atoms with Crippen molar-refractivity contribution in [3.05, 3.63) is 47.8 Å². The molecule has 1 aliphatic rings. The lowest BCUT2D eigenvalue weighted by Gasteiger charge is -2.25. The molecule has 0 bridgehead atoms. The molecule has 0 saturated carbocycles. The number of hydrogen-bond donors (Lipinski definition) is 1. The lowest BCUT2D eigenvalue weighted by atomic mass is 10.0. The second kappa shape index (κ2) is 8.75. The van der Waals surface area contributed by atoms with E-state index in [0.29, 0.717) is 13.0 Å². The maximum Gasteiger partial charge on any atom is 0.209 e. The highest BCUT2D eigenvalue weighted by atomic mass is 32.2. The summed E-state index contributed by atoms with van der Waals surface area (Å²) in [4.78, 5) is 2.39. The molecule has 2 aromatic rings. The Labute approximate surface area is 155 Å². The number of hydrogen-bond acceptors (Lipinski definition) is 5. The number of primary sulfonamides is 1. The van der Waals surface area contributed by atoms with Gasteiger partial charge in [0.05, 0.1) is 11.4 Å². The number of sulfonamides is 1. The third kappa shape index (κ3) is 6.19. The van der Waals surface area contributed by atoms with Crippen molar-refractivity contribution in [2.75, 3.05) is 18.8 Å². The standard InChI is InChI=1S/C18H27N5O2S/c19-26(24,25)15-17(11-16-7-3-1-4-8-16)12-23-14-18(20-21-23)13-22-9-5-2-6-10-22/h1,3-4,7-8,14,17H,2,5-6,9-13,15H2,(H2,19,24,25)/t17-/m0/s1. The predicted molar refractivity (Wildman–Crippen MR) is 101 cm³/mol. The Kier molecular flexibility index (Phi) is 6.39. The Morgan fingerprint density at radius 2 is 1.85 bits per heavy atom. The molecule has 3 rings (SSSR count). The summed E-state index contributed by atoms with van der Waals surface area (Å²) in [5.74, 6) is -0.208. The number of likely N-dealkylation sites (tertiary alicyclic amines) is 1. The summed E-state index contributed by atoms with van der Waals surface area (Å²) in [6.45, 7) is 3.50. The van der Waals surface area contributed by atoms with Crippen LogP contribution in [0.15, 0.2) is 36.5 Å². The van der Waals surface area contributed by atoms with E-state index in [0.717, 1.165) is 30.9 Å². The Balaban J connectivity index is 1.64. The van der Waals surface area contributed by atoms with E-state index < -0.39 is 10.0 Å². The molecule has 1 aliphatic heterocycles. The second-order valence-corrected chi connectivity index (χ2v) is 8.81. The van der Waals surface area contributed by atoms with Gasteiger partial charge in [-0.3, -0.25) is 9.58 Å². The smallest absolute Gasteiger partial charge is 0.209 e. The van der Waals surface area contributed by atoms with Gasteiger partial charge in [0.15, 0.2) is 0 Å². The molecule has 26 heavy (non-hydrogen) atoms. The zero-order valence-electron chi connectivity index (χ0n) is 15.0. The fraction of sp³-hybridized carbons (Fsp3) is 0.556. The zero-order valence-corrected chi connectivity index (χ0v) is 15.8. The van der Waals surface area contributed by atoms with E-state index in [-0.39, 0.29) is 11.7 Å². The Morgan fingerprint density at radius 1 is 1.12 bits per heavy atom. The van der Waals surface area contributed by atoms with Gasteiger partial charge in [0.2, 0.25) is 10.0 Å². The molecular weight excluding hydrogens is 350 g/mol. The molecule has 2 heterocycles. The molecule has 0 amide bonds. The summed E-state index contributed by atoms with van der Waals surface area (Å²) < 4.78 is 25.0. The van der Waals surface area contributed by atoms with Crippen LogP contribution >= 0.6 is 0 Å². The summed E-state index contributed by atoms with van der Waals surface area (Å²) in [6, 6.07) is 9.85. The summed E-state index contributed by atoms with van der Waals surface area (Å²) in [5.41, 5.74) is 2.02. The molecule has 142 valence electrons. The van der Waals surface area contributed by atoms with Gasteiger partial charge in [0.25, 0.3) is 0 Å². The van der Waals surface area contributed by atoms with Crippen LogP contribution in [0.1, 0.15) is 30.5 Å². The van der Waals surface area contributed by atoms with E-state index in [2.05, 4.69) is 15.2 Å². The van der Waals surface area contributed by atoms with Crippen LogP contribution < -0.4 is 5.14 Å². The summed E-state index contributed by atoms with van der Waals surface area (Å²) in [6.07, 6.45) is 6.34. The molecule has 0 radical (unpaired) electrons. The van der Waals surface area contributed by atoms with Crippen molar-refractivity contribution in [3.8, 4) is 0 Å². The van der Waals surface area contributed by atoms with Crippen molar-refractivity contribution in [1.29, 1.82) is 0 Å². The minimum atomic E-state index is -3.55. The first kappa shape index (κ1) is 19.0. The molecule has 0 aliphatic carbocycles. The van der Waals surface area contributed by atoms with Gasteiger partial charge in [-0.2, -0.15) is 0 Å². The van der Waals surface area contributed by atoms with Crippen LogP contribution in [0.4, 0.5) is 0 Å². The highest BCUT2D eigenvalue weighted by molar-refractivity contribution is 7.89. The Bertz CT molecular complexity index is 785. The SMILES string of the molecule is NS(=O)(=O)C[C@@H](Cc1ccccc1)Cn1cc(CN2CCCCC2)nn1. The normalized spacial score (nSPS) is 17.3. The number of nitrogens with two attached hydrogens (primary N) is 1. The number of piperidine rings is 1. The number of aromatic nitrogens is 3. The molecule has 8 heteroatoms. The van der Waals surface area contributed by atoms with Gasteiger partial charge < -0.3 is 0 Å². The number of rotatable bonds is 8. The fourth-order valence-electron chi connectivity index (χ4n) is 3.56. The van der Waals surface area contributed by atoms with Crippen LogP contribution in [-0.2, 0) is 29.5 Å². The largest absolute Gasteiger partial charge is 0.297 e. The van der Waals surface area contributed by atoms with Crippen LogP contribution in [0.3, 0.4) is 0 Å². The highest BCUT2D eigenvalue weighted by Crippen LogP contribution is 2.14. The molecule has 0 spiro atoms. The van der Waals surface area contributed by atoms with Crippen LogP contribution in [0.25, 0.3) is 0 Å².